The van der Waals surface area contributed by atoms with Gasteiger partial charge in [-0.1, -0.05) is 26.7 Å². The van der Waals surface area contributed by atoms with Crippen molar-refractivity contribution in [3.05, 3.63) is 0 Å². The van der Waals surface area contributed by atoms with Gasteiger partial charge in [-0.25, -0.2) is 8.42 Å². The van der Waals surface area contributed by atoms with Gasteiger partial charge in [-0.3, -0.25) is 0 Å². The van der Waals surface area contributed by atoms with E-state index >= 15 is 0 Å². The predicted octanol–water partition coefficient (Wildman–Crippen LogP) is 1.61. The van der Waals surface area contributed by atoms with Gasteiger partial charge in [0.25, 0.3) is 0 Å². The molecule has 1 aliphatic rings. The first-order valence-electron chi connectivity index (χ1n) is 5.79. The highest BCUT2D eigenvalue weighted by Crippen LogP contribution is 2.24. The second kappa shape index (κ2) is 5.30. The van der Waals surface area contributed by atoms with Crippen LogP contribution < -0.4 is 0 Å². The first kappa shape index (κ1) is 13.0. The fourth-order valence-electron chi connectivity index (χ4n) is 2.10. The summed E-state index contributed by atoms with van der Waals surface area (Å²) >= 11 is 0. The lowest BCUT2D eigenvalue weighted by atomic mass is 9.95. The van der Waals surface area contributed by atoms with Crippen molar-refractivity contribution in [2.24, 2.45) is 11.8 Å². The smallest absolute Gasteiger partial charge is 0.150 e. The zero-order valence-corrected chi connectivity index (χ0v) is 10.5. The number of hydrogen-bond donors (Lipinski definition) is 1. The number of aliphatic hydroxyl groups excluding tert-OH is 1. The van der Waals surface area contributed by atoms with Gasteiger partial charge >= 0.3 is 0 Å². The Morgan fingerprint density at radius 2 is 2.00 bits per heavy atom. The van der Waals surface area contributed by atoms with Crippen molar-refractivity contribution in [3.8, 4) is 0 Å². The molecule has 1 aliphatic heterocycles. The quantitative estimate of drug-likeness (QED) is 0.786. The highest BCUT2D eigenvalue weighted by atomic mass is 32.2. The Hall–Kier alpha value is -0.0900. The van der Waals surface area contributed by atoms with Gasteiger partial charge < -0.3 is 5.11 Å². The summed E-state index contributed by atoms with van der Waals surface area (Å²) in [4.78, 5) is 0. The molecule has 1 heterocycles. The summed E-state index contributed by atoms with van der Waals surface area (Å²) in [5.74, 6) is 1.10. The molecule has 1 saturated heterocycles. The van der Waals surface area contributed by atoms with Crippen LogP contribution in [0, 0.1) is 11.8 Å². The first-order valence-corrected chi connectivity index (χ1v) is 7.61. The van der Waals surface area contributed by atoms with Crippen molar-refractivity contribution in [3.63, 3.8) is 0 Å². The molecule has 0 aromatic heterocycles. The lowest BCUT2D eigenvalue weighted by Gasteiger charge is -2.16. The maximum atomic E-state index is 11.2. The molecule has 0 aromatic carbocycles. The van der Waals surface area contributed by atoms with Crippen LogP contribution in [0.25, 0.3) is 0 Å². The Morgan fingerprint density at radius 1 is 1.33 bits per heavy atom. The van der Waals surface area contributed by atoms with Crippen LogP contribution in [0.3, 0.4) is 0 Å². The maximum absolute atomic E-state index is 11.2. The van der Waals surface area contributed by atoms with Crippen LogP contribution in [0.2, 0.25) is 0 Å². The van der Waals surface area contributed by atoms with Gasteiger partial charge in [-0.05, 0) is 24.7 Å². The van der Waals surface area contributed by atoms with Crippen molar-refractivity contribution in [1.29, 1.82) is 0 Å². The molecular formula is C11H22O3S. The molecule has 0 radical (unpaired) electrons. The molecule has 4 heteroatoms. The highest BCUT2D eigenvalue weighted by molar-refractivity contribution is 7.91. The average molecular weight is 234 g/mol. The number of rotatable bonds is 5. The van der Waals surface area contributed by atoms with E-state index in [1.807, 2.05) is 0 Å². The summed E-state index contributed by atoms with van der Waals surface area (Å²) in [5, 5.41) is 9.83. The maximum Gasteiger partial charge on any atom is 0.150 e. The molecule has 2 unspecified atom stereocenters. The van der Waals surface area contributed by atoms with E-state index in [1.165, 1.54) is 0 Å². The van der Waals surface area contributed by atoms with Crippen LogP contribution in [-0.4, -0.2) is 31.1 Å². The minimum Gasteiger partial charge on any atom is -0.393 e. The molecule has 2 atom stereocenters. The summed E-state index contributed by atoms with van der Waals surface area (Å²) in [5.41, 5.74) is 0. The highest BCUT2D eigenvalue weighted by Gasteiger charge is 2.32. The normalized spacial score (nSPS) is 27.1. The Labute approximate surface area is 92.8 Å². The average Bonchev–Trinajstić information content (AvgIpc) is 2.45. The summed E-state index contributed by atoms with van der Waals surface area (Å²) in [6.07, 6.45) is 3.08. The second-order valence-corrected chi connectivity index (χ2v) is 7.28. The minimum absolute atomic E-state index is 0.0119. The van der Waals surface area contributed by atoms with Gasteiger partial charge in [-0.15, -0.1) is 0 Å². The molecule has 1 N–H and O–H groups in total. The van der Waals surface area contributed by atoms with Crippen molar-refractivity contribution in [2.75, 3.05) is 11.5 Å². The third-order valence-corrected chi connectivity index (χ3v) is 4.89. The van der Waals surface area contributed by atoms with E-state index < -0.39 is 15.9 Å². The summed E-state index contributed by atoms with van der Waals surface area (Å²) in [7, 11) is -2.84. The summed E-state index contributed by atoms with van der Waals surface area (Å²) in [6, 6.07) is 0. The van der Waals surface area contributed by atoms with Crippen molar-refractivity contribution >= 4 is 9.84 Å². The minimum atomic E-state index is -2.84. The van der Waals surface area contributed by atoms with E-state index in [4.69, 9.17) is 0 Å². The van der Waals surface area contributed by atoms with Crippen molar-refractivity contribution < 1.29 is 13.5 Å². The SMILES string of the molecule is CC(C)CCCC(O)C1CCS(=O)(=O)C1. The van der Waals surface area contributed by atoms with Gasteiger partial charge in [0.2, 0.25) is 0 Å². The molecule has 0 amide bonds. The summed E-state index contributed by atoms with van der Waals surface area (Å²) in [6.45, 7) is 4.32. The lowest BCUT2D eigenvalue weighted by Crippen LogP contribution is -2.21. The molecule has 1 fully saturated rings. The van der Waals surface area contributed by atoms with Gasteiger partial charge in [0.15, 0.2) is 9.84 Å². The van der Waals surface area contributed by atoms with Crippen LogP contribution in [0.15, 0.2) is 0 Å². The Morgan fingerprint density at radius 3 is 2.47 bits per heavy atom. The number of sulfone groups is 1. The van der Waals surface area contributed by atoms with Gasteiger partial charge in [0, 0.05) is 0 Å². The topological polar surface area (TPSA) is 54.4 Å². The largest absolute Gasteiger partial charge is 0.393 e. The van der Waals surface area contributed by atoms with E-state index in [2.05, 4.69) is 13.8 Å². The molecular weight excluding hydrogens is 212 g/mol. The first-order chi connectivity index (χ1) is 6.91. The summed E-state index contributed by atoms with van der Waals surface area (Å²) < 4.78 is 22.4. The van der Waals surface area contributed by atoms with Crippen molar-refractivity contribution in [2.45, 2.75) is 45.6 Å². The van der Waals surface area contributed by atoms with Gasteiger partial charge in [0.05, 0.1) is 17.6 Å². The van der Waals surface area contributed by atoms with E-state index in [1.54, 1.807) is 0 Å². The molecule has 0 saturated carbocycles. The van der Waals surface area contributed by atoms with Crippen LogP contribution in [0.4, 0.5) is 0 Å². The van der Waals surface area contributed by atoms with Crippen molar-refractivity contribution in [1.82, 2.24) is 0 Å². The zero-order chi connectivity index (χ0) is 11.5. The molecule has 0 aromatic rings. The third kappa shape index (κ3) is 4.51. The monoisotopic (exact) mass is 234 g/mol. The molecule has 3 nitrogen and oxygen atoms in total. The van der Waals surface area contributed by atoms with E-state index in [-0.39, 0.29) is 17.4 Å². The molecule has 0 bridgehead atoms. The number of hydrogen-bond acceptors (Lipinski definition) is 3. The fourth-order valence-corrected chi connectivity index (χ4v) is 3.97. The second-order valence-electron chi connectivity index (χ2n) is 5.06. The Kier molecular flexibility index (Phi) is 4.59. The van der Waals surface area contributed by atoms with Gasteiger partial charge in [-0.2, -0.15) is 0 Å². The Balaban J connectivity index is 2.26. The molecule has 15 heavy (non-hydrogen) atoms. The van der Waals surface area contributed by atoms with E-state index in [9.17, 15) is 13.5 Å². The lowest BCUT2D eigenvalue weighted by molar-refractivity contribution is 0.107. The van der Waals surface area contributed by atoms with Crippen LogP contribution in [0.5, 0.6) is 0 Å². The van der Waals surface area contributed by atoms with Crippen LogP contribution in [-0.2, 0) is 9.84 Å². The predicted molar refractivity (Wildman–Crippen MR) is 61.5 cm³/mol. The van der Waals surface area contributed by atoms with E-state index in [0.29, 0.717) is 12.3 Å². The van der Waals surface area contributed by atoms with Gasteiger partial charge in [0.1, 0.15) is 0 Å². The van der Waals surface area contributed by atoms with Crippen LogP contribution in [0.1, 0.15) is 39.5 Å². The molecule has 90 valence electrons. The standard InChI is InChI=1S/C11H22O3S/c1-9(2)4-3-5-11(12)10-6-7-15(13,14)8-10/h9-12H,3-8H2,1-2H3. The number of aliphatic hydroxyl groups is 1. The molecule has 0 spiro atoms. The molecule has 0 aliphatic carbocycles. The molecule has 1 rings (SSSR count). The third-order valence-electron chi connectivity index (χ3n) is 3.09. The van der Waals surface area contributed by atoms with Crippen LogP contribution >= 0.6 is 0 Å². The zero-order valence-electron chi connectivity index (χ0n) is 9.65. The Bertz CT molecular complexity index is 282. The fraction of sp³-hybridized carbons (Fsp3) is 1.00. The van der Waals surface area contributed by atoms with E-state index in [0.717, 1.165) is 19.3 Å².